The van der Waals surface area contributed by atoms with E-state index in [4.69, 9.17) is 9.47 Å². The van der Waals surface area contributed by atoms with Crippen LogP contribution in [0.4, 0.5) is 0 Å². The van der Waals surface area contributed by atoms with E-state index in [1.807, 2.05) is 24.3 Å². The Bertz CT molecular complexity index is 968. The van der Waals surface area contributed by atoms with E-state index in [-0.39, 0.29) is 5.92 Å². The first-order chi connectivity index (χ1) is 12.8. The van der Waals surface area contributed by atoms with Crippen molar-refractivity contribution in [1.29, 1.82) is 0 Å². The molecule has 0 fully saturated rings. The third-order valence-electron chi connectivity index (χ3n) is 4.90. The second-order valence-corrected chi connectivity index (χ2v) is 7.23. The van der Waals surface area contributed by atoms with Crippen LogP contribution in [0.3, 0.4) is 0 Å². The van der Waals surface area contributed by atoms with Crippen LogP contribution in [0.2, 0.25) is 0 Å². The lowest BCUT2D eigenvalue weighted by atomic mass is 9.81. The fourth-order valence-electron chi connectivity index (χ4n) is 3.53. The molecule has 0 aliphatic heterocycles. The standard InChI is InChI=1S/C23H24O4/c1-13(2)22(24)26-20-16-10-6-7-11-17(16)21(27-23(25)14(3)4)19-15(5)9-8-12-18(19)20/h6-7,10-11,15H,1,3,8-9,12H2,2,4-5H3. The van der Waals surface area contributed by atoms with Crippen molar-refractivity contribution in [1.82, 2.24) is 0 Å². The third-order valence-corrected chi connectivity index (χ3v) is 4.90. The molecule has 4 nitrogen and oxygen atoms in total. The molecule has 0 bridgehead atoms. The largest absolute Gasteiger partial charge is 0.422 e. The van der Waals surface area contributed by atoms with Crippen LogP contribution < -0.4 is 9.47 Å². The zero-order valence-corrected chi connectivity index (χ0v) is 16.1. The average molecular weight is 364 g/mol. The monoisotopic (exact) mass is 364 g/mol. The van der Waals surface area contributed by atoms with Crippen LogP contribution in [-0.2, 0) is 16.0 Å². The van der Waals surface area contributed by atoms with Gasteiger partial charge in [-0.05, 0) is 39.0 Å². The molecule has 3 rings (SSSR count). The highest BCUT2D eigenvalue weighted by atomic mass is 16.5. The van der Waals surface area contributed by atoms with Gasteiger partial charge in [-0.2, -0.15) is 0 Å². The van der Waals surface area contributed by atoms with Gasteiger partial charge in [0.25, 0.3) is 0 Å². The van der Waals surface area contributed by atoms with Gasteiger partial charge in [0.15, 0.2) is 0 Å². The summed E-state index contributed by atoms with van der Waals surface area (Å²) in [5.41, 5.74) is 2.56. The molecule has 0 saturated heterocycles. The van der Waals surface area contributed by atoms with Crippen LogP contribution in [-0.4, -0.2) is 11.9 Å². The maximum Gasteiger partial charge on any atom is 0.338 e. The van der Waals surface area contributed by atoms with Crippen LogP contribution in [0.5, 0.6) is 11.5 Å². The quantitative estimate of drug-likeness (QED) is 0.423. The van der Waals surface area contributed by atoms with Gasteiger partial charge in [0.2, 0.25) is 0 Å². The summed E-state index contributed by atoms with van der Waals surface area (Å²) in [6.07, 6.45) is 2.73. The molecular weight excluding hydrogens is 340 g/mol. The van der Waals surface area contributed by atoms with Gasteiger partial charge < -0.3 is 9.47 Å². The predicted octanol–water partition coefficient (Wildman–Crippen LogP) is 5.24. The minimum Gasteiger partial charge on any atom is -0.422 e. The molecule has 2 aromatic rings. The molecule has 140 valence electrons. The lowest BCUT2D eigenvalue weighted by Crippen LogP contribution is -2.18. The molecule has 1 aliphatic carbocycles. The van der Waals surface area contributed by atoms with Gasteiger partial charge in [0, 0.05) is 33.0 Å². The lowest BCUT2D eigenvalue weighted by molar-refractivity contribution is -0.131. The summed E-state index contributed by atoms with van der Waals surface area (Å²) in [6.45, 7) is 12.7. The maximum absolute atomic E-state index is 12.3. The van der Waals surface area contributed by atoms with E-state index >= 15 is 0 Å². The minimum atomic E-state index is -0.452. The molecule has 0 aromatic heterocycles. The Morgan fingerprint density at radius 1 is 0.963 bits per heavy atom. The molecule has 1 atom stereocenters. The second-order valence-electron chi connectivity index (χ2n) is 7.23. The summed E-state index contributed by atoms with van der Waals surface area (Å²) in [4.78, 5) is 24.5. The molecule has 2 aromatic carbocycles. The van der Waals surface area contributed by atoms with Crippen molar-refractivity contribution in [3.8, 4) is 11.5 Å². The predicted molar refractivity (Wildman–Crippen MR) is 106 cm³/mol. The Balaban J connectivity index is 2.31. The Labute approximate surface area is 159 Å². The highest BCUT2D eigenvalue weighted by molar-refractivity contribution is 6.01. The summed E-state index contributed by atoms with van der Waals surface area (Å²) >= 11 is 0. The maximum atomic E-state index is 12.3. The van der Waals surface area contributed by atoms with Gasteiger partial charge in [-0.25, -0.2) is 9.59 Å². The highest BCUT2D eigenvalue weighted by Crippen LogP contribution is 2.48. The molecule has 0 spiro atoms. The van der Waals surface area contributed by atoms with Crippen molar-refractivity contribution in [2.75, 3.05) is 0 Å². The van der Waals surface area contributed by atoms with Crippen LogP contribution >= 0.6 is 0 Å². The summed E-state index contributed by atoms with van der Waals surface area (Å²) in [7, 11) is 0. The molecule has 1 unspecified atom stereocenters. The van der Waals surface area contributed by atoms with E-state index < -0.39 is 11.9 Å². The van der Waals surface area contributed by atoms with Gasteiger partial charge in [-0.1, -0.05) is 44.3 Å². The Morgan fingerprint density at radius 3 is 2.04 bits per heavy atom. The van der Waals surface area contributed by atoms with Gasteiger partial charge in [0.1, 0.15) is 11.5 Å². The first kappa shape index (κ1) is 18.9. The van der Waals surface area contributed by atoms with Crippen LogP contribution in [0.1, 0.15) is 50.7 Å². The number of carbonyl (C=O) groups is 2. The van der Waals surface area contributed by atoms with Crippen LogP contribution in [0.25, 0.3) is 10.8 Å². The third kappa shape index (κ3) is 3.52. The molecule has 27 heavy (non-hydrogen) atoms. The first-order valence-corrected chi connectivity index (χ1v) is 9.14. The van der Waals surface area contributed by atoms with Gasteiger partial charge >= 0.3 is 11.9 Å². The SMILES string of the molecule is C=C(C)C(=O)Oc1c2c(c(OC(=O)C(=C)C)c3ccccc13)C(C)CCC2. The summed E-state index contributed by atoms with van der Waals surface area (Å²) in [5.74, 6) is 0.388. The highest BCUT2D eigenvalue weighted by Gasteiger charge is 2.29. The van der Waals surface area contributed by atoms with Crippen LogP contribution in [0, 0.1) is 0 Å². The molecule has 0 saturated carbocycles. The van der Waals surface area contributed by atoms with Crippen molar-refractivity contribution in [2.24, 2.45) is 0 Å². The van der Waals surface area contributed by atoms with Gasteiger partial charge in [0.05, 0.1) is 0 Å². The molecule has 0 N–H and O–H groups in total. The van der Waals surface area contributed by atoms with Crippen molar-refractivity contribution in [2.45, 2.75) is 46.0 Å². The number of rotatable bonds is 4. The number of benzene rings is 2. The number of ether oxygens (including phenoxy) is 2. The fraction of sp³-hybridized carbons (Fsp3) is 0.304. The smallest absolute Gasteiger partial charge is 0.338 e. The van der Waals surface area contributed by atoms with E-state index in [2.05, 4.69) is 20.1 Å². The first-order valence-electron chi connectivity index (χ1n) is 9.14. The number of carbonyl (C=O) groups excluding carboxylic acids is 2. The van der Waals surface area contributed by atoms with Gasteiger partial charge in [-0.15, -0.1) is 0 Å². The Kier molecular flexibility index (Phi) is 5.17. The normalized spacial score (nSPS) is 15.7. The number of hydrogen-bond donors (Lipinski definition) is 0. The van der Waals surface area contributed by atoms with E-state index in [1.165, 1.54) is 0 Å². The fourth-order valence-corrected chi connectivity index (χ4v) is 3.53. The van der Waals surface area contributed by atoms with E-state index in [0.717, 1.165) is 41.2 Å². The number of hydrogen-bond acceptors (Lipinski definition) is 4. The molecule has 0 amide bonds. The Hall–Kier alpha value is -2.88. The average Bonchev–Trinajstić information content (AvgIpc) is 2.63. The molecular formula is C23H24O4. The topological polar surface area (TPSA) is 52.6 Å². The van der Waals surface area contributed by atoms with Crippen molar-refractivity contribution in [3.63, 3.8) is 0 Å². The van der Waals surface area contributed by atoms with Crippen molar-refractivity contribution >= 4 is 22.7 Å². The summed E-state index contributed by atoms with van der Waals surface area (Å²) < 4.78 is 11.5. The molecule has 4 heteroatoms. The zero-order valence-electron chi connectivity index (χ0n) is 16.1. The second kappa shape index (κ2) is 7.39. The number of esters is 2. The van der Waals surface area contributed by atoms with E-state index in [0.29, 0.717) is 22.6 Å². The van der Waals surface area contributed by atoms with E-state index in [9.17, 15) is 9.59 Å². The molecule has 0 radical (unpaired) electrons. The lowest BCUT2D eigenvalue weighted by Gasteiger charge is -2.28. The molecule has 0 heterocycles. The van der Waals surface area contributed by atoms with Crippen LogP contribution in [0.15, 0.2) is 48.6 Å². The zero-order chi connectivity index (χ0) is 19.7. The molecule has 1 aliphatic rings. The minimum absolute atomic E-state index is 0.188. The summed E-state index contributed by atoms with van der Waals surface area (Å²) in [5, 5.41) is 1.51. The van der Waals surface area contributed by atoms with E-state index in [1.54, 1.807) is 13.8 Å². The number of fused-ring (bicyclic) bond motifs is 2. The van der Waals surface area contributed by atoms with Crippen molar-refractivity contribution < 1.29 is 19.1 Å². The van der Waals surface area contributed by atoms with Gasteiger partial charge in [-0.3, -0.25) is 0 Å². The Morgan fingerprint density at radius 2 is 1.48 bits per heavy atom. The summed E-state index contributed by atoms with van der Waals surface area (Å²) in [6, 6.07) is 7.53. The van der Waals surface area contributed by atoms with Crippen molar-refractivity contribution in [3.05, 3.63) is 59.7 Å².